The number of carbonyl (C=O) groups is 1. The summed E-state index contributed by atoms with van der Waals surface area (Å²) >= 11 is 0. The summed E-state index contributed by atoms with van der Waals surface area (Å²) in [6.07, 6.45) is 1.77. The maximum Gasteiger partial charge on any atom is 0.320 e. The number of anilines is 1. The lowest BCUT2D eigenvalue weighted by Crippen LogP contribution is -2.38. The fourth-order valence-corrected chi connectivity index (χ4v) is 2.17. The van der Waals surface area contributed by atoms with Crippen LogP contribution in [0, 0.1) is 16.7 Å². The maximum absolute atomic E-state index is 11.9. The van der Waals surface area contributed by atoms with Gasteiger partial charge in [-0.25, -0.2) is 4.79 Å². The second-order valence-corrected chi connectivity index (χ2v) is 6.60. The van der Waals surface area contributed by atoms with Gasteiger partial charge >= 0.3 is 6.03 Å². The van der Waals surface area contributed by atoms with Crippen molar-refractivity contribution in [3.8, 4) is 6.07 Å². The lowest BCUT2D eigenvalue weighted by atomic mass is 9.87. The highest BCUT2D eigenvalue weighted by Gasteiger charge is 2.21. The van der Waals surface area contributed by atoms with Crippen molar-refractivity contribution in [2.45, 2.75) is 53.2 Å². The van der Waals surface area contributed by atoms with E-state index in [4.69, 9.17) is 5.26 Å². The molecule has 1 heterocycles. The Hall–Kier alpha value is -2.07. The Morgan fingerprint density at radius 2 is 2.14 bits per heavy atom. The van der Waals surface area contributed by atoms with Crippen LogP contribution >= 0.6 is 0 Å². The minimum absolute atomic E-state index is 0.107. The zero-order valence-corrected chi connectivity index (χ0v) is 13.8. The molecular formula is C15H25N5O2. The summed E-state index contributed by atoms with van der Waals surface area (Å²) in [6, 6.07) is 1.71. The average Bonchev–Trinajstić information content (AvgIpc) is 2.78. The molecule has 0 bridgehead atoms. The van der Waals surface area contributed by atoms with E-state index < -0.39 is 12.1 Å². The van der Waals surface area contributed by atoms with Gasteiger partial charge in [-0.1, -0.05) is 13.8 Å². The summed E-state index contributed by atoms with van der Waals surface area (Å²) in [5.41, 5.74) is 0.105. The summed E-state index contributed by atoms with van der Waals surface area (Å²) in [5, 5.41) is 28.1. The Morgan fingerprint density at radius 1 is 1.50 bits per heavy atom. The molecule has 0 saturated heterocycles. The van der Waals surface area contributed by atoms with Gasteiger partial charge in [0.05, 0.1) is 6.10 Å². The van der Waals surface area contributed by atoms with Crippen LogP contribution in [-0.2, 0) is 0 Å². The summed E-state index contributed by atoms with van der Waals surface area (Å²) in [4.78, 5) is 11.9. The first-order chi connectivity index (χ1) is 10.1. The van der Waals surface area contributed by atoms with Crippen molar-refractivity contribution >= 4 is 11.8 Å². The van der Waals surface area contributed by atoms with Gasteiger partial charge in [0.1, 0.15) is 11.6 Å². The number of hydrogen-bond acceptors (Lipinski definition) is 4. The van der Waals surface area contributed by atoms with Crippen molar-refractivity contribution in [3.05, 3.63) is 11.8 Å². The topological polar surface area (TPSA) is 103 Å². The smallest absolute Gasteiger partial charge is 0.320 e. The third-order valence-electron chi connectivity index (χ3n) is 3.19. The van der Waals surface area contributed by atoms with Gasteiger partial charge in [0.15, 0.2) is 5.82 Å². The Balaban J connectivity index is 2.64. The first kappa shape index (κ1) is 18.0. The fraction of sp³-hybridized carbons (Fsp3) is 0.667. The summed E-state index contributed by atoms with van der Waals surface area (Å²) in [5.74, 6) is 0.252. The first-order valence-corrected chi connectivity index (χ1v) is 7.37. The number of nitrogens with one attached hydrogen (secondary N) is 2. The van der Waals surface area contributed by atoms with Crippen molar-refractivity contribution in [2.75, 3.05) is 11.9 Å². The van der Waals surface area contributed by atoms with Gasteiger partial charge in [-0.05, 0) is 32.6 Å². The number of rotatable bonds is 6. The molecular weight excluding hydrogens is 282 g/mol. The number of aliphatic hydroxyl groups is 1. The lowest BCUT2D eigenvalue weighted by molar-refractivity contribution is 0.129. The third kappa shape index (κ3) is 5.37. The fourth-order valence-electron chi connectivity index (χ4n) is 2.17. The highest BCUT2D eigenvalue weighted by Crippen LogP contribution is 2.21. The second-order valence-electron chi connectivity index (χ2n) is 6.60. The van der Waals surface area contributed by atoms with Gasteiger partial charge in [0.25, 0.3) is 0 Å². The predicted molar refractivity (Wildman–Crippen MR) is 84.4 cm³/mol. The number of aliphatic hydroxyl groups excluding tert-OH is 1. The Morgan fingerprint density at radius 3 is 2.64 bits per heavy atom. The molecule has 1 aromatic heterocycles. The van der Waals surface area contributed by atoms with Crippen molar-refractivity contribution in [1.82, 2.24) is 15.1 Å². The quantitative estimate of drug-likeness (QED) is 0.750. The Kier molecular flexibility index (Phi) is 5.94. The zero-order valence-electron chi connectivity index (χ0n) is 13.8. The van der Waals surface area contributed by atoms with Gasteiger partial charge in [0, 0.05) is 18.8 Å². The van der Waals surface area contributed by atoms with Gasteiger partial charge in [-0.3, -0.25) is 10.00 Å². The normalized spacial score (nSPS) is 12.8. The second kappa shape index (κ2) is 7.27. The maximum atomic E-state index is 11.9. The standard InChI is InChI=1S/C15H25N5O2/c1-10(2)20-8-12(7-16)13(19-20)18-14(22)17-9-15(4,5)6-11(3)21/h8,10-11,21H,6,9H2,1-5H3,(H2,17,18,19,22). The molecule has 0 aromatic carbocycles. The largest absolute Gasteiger partial charge is 0.393 e. The molecule has 3 N–H and O–H groups in total. The molecule has 0 aliphatic rings. The number of carbonyl (C=O) groups excluding carboxylic acids is 1. The Bertz CT molecular complexity index is 555. The van der Waals surface area contributed by atoms with Crippen LogP contribution in [0.25, 0.3) is 0 Å². The Labute approximate surface area is 131 Å². The van der Waals surface area contributed by atoms with E-state index in [2.05, 4.69) is 15.7 Å². The molecule has 2 amide bonds. The number of nitrogens with zero attached hydrogens (tertiary/aromatic N) is 3. The van der Waals surface area contributed by atoms with Gasteiger partial charge < -0.3 is 10.4 Å². The number of hydrogen-bond donors (Lipinski definition) is 3. The molecule has 1 aromatic rings. The van der Waals surface area contributed by atoms with E-state index in [-0.39, 0.29) is 17.3 Å². The van der Waals surface area contributed by atoms with E-state index in [1.165, 1.54) is 0 Å². The molecule has 22 heavy (non-hydrogen) atoms. The minimum atomic E-state index is -0.424. The van der Waals surface area contributed by atoms with Crippen molar-refractivity contribution in [2.24, 2.45) is 5.41 Å². The molecule has 122 valence electrons. The molecule has 0 saturated carbocycles. The van der Waals surface area contributed by atoms with E-state index >= 15 is 0 Å². The molecule has 7 heteroatoms. The number of amides is 2. The molecule has 1 rings (SSSR count). The van der Waals surface area contributed by atoms with Crippen LogP contribution in [0.3, 0.4) is 0 Å². The molecule has 1 unspecified atom stereocenters. The van der Waals surface area contributed by atoms with Crippen LogP contribution < -0.4 is 10.6 Å². The van der Waals surface area contributed by atoms with Crippen molar-refractivity contribution in [1.29, 1.82) is 5.26 Å². The SMILES string of the molecule is CC(O)CC(C)(C)CNC(=O)Nc1nn(C(C)C)cc1C#N. The summed E-state index contributed by atoms with van der Waals surface area (Å²) < 4.78 is 1.63. The number of aromatic nitrogens is 2. The summed E-state index contributed by atoms with van der Waals surface area (Å²) in [7, 11) is 0. The van der Waals surface area contributed by atoms with Crippen LogP contribution in [0.5, 0.6) is 0 Å². The van der Waals surface area contributed by atoms with Crippen LogP contribution in [0.4, 0.5) is 10.6 Å². The van der Waals surface area contributed by atoms with Crippen LogP contribution in [0.2, 0.25) is 0 Å². The summed E-state index contributed by atoms with van der Waals surface area (Å²) in [6.45, 7) is 9.95. The van der Waals surface area contributed by atoms with Gasteiger partial charge in [0.2, 0.25) is 0 Å². The molecule has 0 aliphatic carbocycles. The highest BCUT2D eigenvalue weighted by atomic mass is 16.3. The molecule has 7 nitrogen and oxygen atoms in total. The molecule has 0 radical (unpaired) electrons. The van der Waals surface area contributed by atoms with Crippen LogP contribution in [0.1, 0.15) is 52.6 Å². The zero-order chi connectivity index (χ0) is 16.9. The average molecular weight is 307 g/mol. The predicted octanol–water partition coefficient (Wildman–Crippen LogP) is 2.25. The van der Waals surface area contributed by atoms with Crippen LogP contribution in [0.15, 0.2) is 6.20 Å². The number of nitriles is 1. The van der Waals surface area contributed by atoms with E-state index in [1.54, 1.807) is 17.8 Å². The lowest BCUT2D eigenvalue weighted by Gasteiger charge is -2.26. The first-order valence-electron chi connectivity index (χ1n) is 7.37. The van der Waals surface area contributed by atoms with Gasteiger partial charge in [-0.15, -0.1) is 0 Å². The highest BCUT2D eigenvalue weighted by molar-refractivity contribution is 5.89. The van der Waals surface area contributed by atoms with E-state index in [9.17, 15) is 9.90 Å². The van der Waals surface area contributed by atoms with Crippen molar-refractivity contribution in [3.63, 3.8) is 0 Å². The minimum Gasteiger partial charge on any atom is -0.393 e. The molecule has 0 spiro atoms. The molecule has 1 atom stereocenters. The van der Waals surface area contributed by atoms with Crippen molar-refractivity contribution < 1.29 is 9.90 Å². The third-order valence-corrected chi connectivity index (χ3v) is 3.19. The van der Waals surface area contributed by atoms with Crippen LogP contribution in [-0.4, -0.2) is 33.6 Å². The molecule has 0 aliphatic heterocycles. The van der Waals surface area contributed by atoms with E-state index in [0.29, 0.717) is 18.5 Å². The molecule has 0 fully saturated rings. The number of urea groups is 1. The van der Waals surface area contributed by atoms with E-state index in [1.807, 2.05) is 33.8 Å². The monoisotopic (exact) mass is 307 g/mol. The van der Waals surface area contributed by atoms with E-state index in [0.717, 1.165) is 0 Å². The van der Waals surface area contributed by atoms with Gasteiger partial charge in [-0.2, -0.15) is 10.4 Å².